The van der Waals surface area contributed by atoms with E-state index < -0.39 is 11.5 Å². The number of hydrogen-bond acceptors (Lipinski definition) is 3. The zero-order valence-electron chi connectivity index (χ0n) is 12.8. The number of amides is 1. The van der Waals surface area contributed by atoms with Gasteiger partial charge in [0.25, 0.3) is 11.5 Å². The van der Waals surface area contributed by atoms with Gasteiger partial charge in [-0.05, 0) is 12.0 Å². The molecule has 0 saturated heterocycles. The van der Waals surface area contributed by atoms with Gasteiger partial charge in [0.1, 0.15) is 5.69 Å². The second-order valence-corrected chi connectivity index (χ2v) is 6.17. The molecule has 0 bridgehead atoms. The van der Waals surface area contributed by atoms with Crippen molar-refractivity contribution in [2.24, 2.45) is 18.4 Å². The van der Waals surface area contributed by atoms with Crippen LogP contribution < -0.4 is 10.9 Å². The maximum absolute atomic E-state index is 12.1. The van der Waals surface area contributed by atoms with E-state index >= 15 is 0 Å². The number of hydrogen-bond donors (Lipinski definition) is 2. The van der Waals surface area contributed by atoms with Gasteiger partial charge in [0, 0.05) is 25.1 Å². The molecule has 0 aromatic carbocycles. The summed E-state index contributed by atoms with van der Waals surface area (Å²) in [6.07, 6.45) is -0.512. The van der Waals surface area contributed by atoms with Crippen LogP contribution >= 0.6 is 0 Å². The minimum Gasteiger partial charge on any atom is -0.392 e. The van der Waals surface area contributed by atoms with Crippen molar-refractivity contribution in [3.05, 3.63) is 34.2 Å². The number of aliphatic hydroxyl groups excluding tert-OH is 1. The first-order valence-electron chi connectivity index (χ1n) is 6.79. The highest BCUT2D eigenvalue weighted by Gasteiger charge is 2.30. The van der Waals surface area contributed by atoms with Gasteiger partial charge in [-0.15, -0.1) is 0 Å². The Balaban J connectivity index is 2.78. The summed E-state index contributed by atoms with van der Waals surface area (Å²) < 4.78 is 1.31. The van der Waals surface area contributed by atoms with Crippen molar-refractivity contribution in [1.29, 1.82) is 0 Å². The number of pyridine rings is 1. The molecule has 0 saturated carbocycles. The largest absolute Gasteiger partial charge is 0.392 e. The molecule has 0 aliphatic rings. The minimum atomic E-state index is -0.512. The van der Waals surface area contributed by atoms with Gasteiger partial charge in [-0.1, -0.05) is 33.8 Å². The lowest BCUT2D eigenvalue weighted by molar-refractivity contribution is 0.0137. The molecule has 0 aliphatic carbocycles. The minimum absolute atomic E-state index is 0.114. The second kappa shape index (κ2) is 6.22. The molecule has 0 spiro atoms. The van der Waals surface area contributed by atoms with Crippen LogP contribution in [0.3, 0.4) is 0 Å². The van der Waals surface area contributed by atoms with Gasteiger partial charge in [0.15, 0.2) is 0 Å². The lowest BCUT2D eigenvalue weighted by Gasteiger charge is -2.33. The van der Waals surface area contributed by atoms with Crippen molar-refractivity contribution in [2.75, 3.05) is 6.54 Å². The Labute approximate surface area is 119 Å². The summed E-state index contributed by atoms with van der Waals surface area (Å²) in [6.45, 7) is 8.03. The Morgan fingerprint density at radius 3 is 2.55 bits per heavy atom. The average molecular weight is 280 g/mol. The molecule has 2 N–H and O–H groups in total. The lowest BCUT2D eigenvalue weighted by Crippen LogP contribution is -2.44. The first-order chi connectivity index (χ1) is 9.16. The molecule has 20 heavy (non-hydrogen) atoms. The number of aliphatic hydroxyl groups is 1. The highest BCUT2D eigenvalue weighted by atomic mass is 16.3. The number of carbonyl (C=O) groups is 1. The fourth-order valence-electron chi connectivity index (χ4n) is 2.20. The average Bonchev–Trinajstić information content (AvgIpc) is 2.38. The van der Waals surface area contributed by atoms with E-state index in [0.717, 1.165) is 0 Å². The van der Waals surface area contributed by atoms with E-state index in [1.165, 1.54) is 10.6 Å². The molecule has 1 aromatic heterocycles. The molecule has 1 unspecified atom stereocenters. The van der Waals surface area contributed by atoms with Gasteiger partial charge in [-0.2, -0.15) is 0 Å². The number of rotatable bonds is 5. The van der Waals surface area contributed by atoms with Crippen molar-refractivity contribution in [3.63, 3.8) is 0 Å². The fraction of sp³-hybridized carbons (Fsp3) is 0.600. The first kappa shape index (κ1) is 16.4. The molecule has 1 heterocycles. The van der Waals surface area contributed by atoms with Gasteiger partial charge in [0.2, 0.25) is 0 Å². The monoisotopic (exact) mass is 280 g/mol. The Bertz CT molecular complexity index is 532. The molecule has 5 heteroatoms. The predicted molar refractivity (Wildman–Crippen MR) is 78.6 cm³/mol. The molecule has 1 amide bonds. The third kappa shape index (κ3) is 3.70. The van der Waals surface area contributed by atoms with Crippen molar-refractivity contribution in [1.82, 2.24) is 9.88 Å². The van der Waals surface area contributed by atoms with Crippen LogP contribution in [0.25, 0.3) is 0 Å². The Kier molecular flexibility index (Phi) is 5.11. The SMILES string of the molecule is CC(C)C(O)C(C)(C)CNC(=O)c1cccc(=O)n1C. The zero-order valence-corrected chi connectivity index (χ0v) is 12.8. The molecular weight excluding hydrogens is 256 g/mol. The second-order valence-electron chi connectivity index (χ2n) is 6.17. The zero-order chi connectivity index (χ0) is 15.5. The molecule has 0 aliphatic heterocycles. The maximum Gasteiger partial charge on any atom is 0.268 e. The van der Waals surface area contributed by atoms with Crippen LogP contribution in [0.5, 0.6) is 0 Å². The Morgan fingerprint density at radius 2 is 2.00 bits per heavy atom. The van der Waals surface area contributed by atoms with E-state index in [9.17, 15) is 14.7 Å². The highest BCUT2D eigenvalue weighted by Crippen LogP contribution is 2.25. The quantitative estimate of drug-likeness (QED) is 0.850. The van der Waals surface area contributed by atoms with Crippen LogP contribution in [-0.4, -0.2) is 28.2 Å². The van der Waals surface area contributed by atoms with Gasteiger partial charge in [-0.25, -0.2) is 0 Å². The standard InChI is InChI=1S/C15H24N2O3/c1-10(2)13(19)15(3,4)9-16-14(20)11-7-6-8-12(18)17(11)5/h6-8,10,13,19H,9H2,1-5H3,(H,16,20). The number of carbonyl (C=O) groups excluding carboxylic acids is 1. The summed E-state index contributed by atoms with van der Waals surface area (Å²) in [5.41, 5.74) is -0.344. The maximum atomic E-state index is 12.1. The third-order valence-electron chi connectivity index (χ3n) is 3.55. The summed E-state index contributed by atoms with van der Waals surface area (Å²) in [5.74, 6) is -0.197. The molecule has 1 rings (SSSR count). The fourth-order valence-corrected chi connectivity index (χ4v) is 2.20. The summed E-state index contributed by atoms with van der Waals surface area (Å²) in [6, 6.07) is 4.57. The number of nitrogens with one attached hydrogen (secondary N) is 1. The smallest absolute Gasteiger partial charge is 0.268 e. The molecule has 112 valence electrons. The number of nitrogens with zero attached hydrogens (tertiary/aromatic N) is 1. The van der Waals surface area contributed by atoms with Crippen LogP contribution in [0.4, 0.5) is 0 Å². The molecular formula is C15H24N2O3. The molecule has 5 nitrogen and oxygen atoms in total. The molecule has 1 aromatic rings. The van der Waals surface area contributed by atoms with Crippen LogP contribution in [0.2, 0.25) is 0 Å². The molecule has 1 atom stereocenters. The van der Waals surface area contributed by atoms with Gasteiger partial charge < -0.3 is 15.0 Å². The summed E-state index contributed by atoms with van der Waals surface area (Å²) in [5, 5.41) is 12.9. The van der Waals surface area contributed by atoms with Gasteiger partial charge in [0.05, 0.1) is 6.10 Å². The summed E-state index contributed by atoms with van der Waals surface area (Å²) in [7, 11) is 1.56. The normalized spacial score (nSPS) is 13.3. The molecule has 0 fully saturated rings. The van der Waals surface area contributed by atoms with E-state index in [2.05, 4.69) is 5.32 Å². The van der Waals surface area contributed by atoms with Crippen LogP contribution in [0.15, 0.2) is 23.0 Å². The van der Waals surface area contributed by atoms with E-state index in [0.29, 0.717) is 12.2 Å². The predicted octanol–water partition coefficient (Wildman–Crippen LogP) is 1.16. The first-order valence-corrected chi connectivity index (χ1v) is 6.79. The summed E-state index contributed by atoms with van der Waals surface area (Å²) >= 11 is 0. The van der Waals surface area contributed by atoms with Crippen LogP contribution in [0.1, 0.15) is 38.2 Å². The van der Waals surface area contributed by atoms with Gasteiger partial charge >= 0.3 is 0 Å². The third-order valence-corrected chi connectivity index (χ3v) is 3.55. The van der Waals surface area contributed by atoms with Crippen molar-refractivity contribution in [3.8, 4) is 0 Å². The topological polar surface area (TPSA) is 71.3 Å². The number of aromatic nitrogens is 1. The van der Waals surface area contributed by atoms with E-state index in [4.69, 9.17) is 0 Å². The Hall–Kier alpha value is -1.62. The van der Waals surface area contributed by atoms with Crippen molar-refractivity contribution >= 4 is 5.91 Å². The van der Waals surface area contributed by atoms with Crippen LogP contribution in [0, 0.1) is 11.3 Å². The molecule has 0 radical (unpaired) electrons. The van der Waals surface area contributed by atoms with E-state index in [1.54, 1.807) is 19.2 Å². The summed E-state index contributed by atoms with van der Waals surface area (Å²) in [4.78, 5) is 23.6. The van der Waals surface area contributed by atoms with E-state index in [-0.39, 0.29) is 17.4 Å². The van der Waals surface area contributed by atoms with Crippen molar-refractivity contribution < 1.29 is 9.90 Å². The van der Waals surface area contributed by atoms with E-state index in [1.807, 2.05) is 27.7 Å². The van der Waals surface area contributed by atoms with Crippen LogP contribution in [-0.2, 0) is 7.05 Å². The van der Waals surface area contributed by atoms with Gasteiger partial charge in [-0.3, -0.25) is 9.59 Å². The highest BCUT2D eigenvalue weighted by molar-refractivity contribution is 5.92. The lowest BCUT2D eigenvalue weighted by atomic mass is 9.80. The van der Waals surface area contributed by atoms with Crippen molar-refractivity contribution in [2.45, 2.75) is 33.8 Å². The Morgan fingerprint density at radius 1 is 1.40 bits per heavy atom.